The third-order valence-electron chi connectivity index (χ3n) is 2.10. The van der Waals surface area contributed by atoms with Crippen LogP contribution in [-0.4, -0.2) is 49.9 Å². The molecule has 5 heteroatoms. The molecule has 0 aromatic heterocycles. The van der Waals surface area contributed by atoms with Crippen LogP contribution >= 0.6 is 0 Å². The first-order chi connectivity index (χ1) is 6.15. The van der Waals surface area contributed by atoms with Gasteiger partial charge in [0, 0.05) is 13.6 Å². The van der Waals surface area contributed by atoms with Crippen molar-refractivity contribution in [1.82, 2.24) is 15.5 Å². The van der Waals surface area contributed by atoms with Crippen molar-refractivity contribution in [2.45, 2.75) is 12.5 Å². The van der Waals surface area contributed by atoms with Crippen molar-refractivity contribution in [3.63, 3.8) is 0 Å². The summed E-state index contributed by atoms with van der Waals surface area (Å²) >= 11 is 0. The molecule has 0 aliphatic carbocycles. The SMILES string of the molecule is CNCC(=O)NC1CCN(C)C1=O. The van der Waals surface area contributed by atoms with Gasteiger partial charge < -0.3 is 15.5 Å². The fourth-order valence-corrected chi connectivity index (χ4v) is 1.36. The van der Waals surface area contributed by atoms with Crippen molar-refractivity contribution in [1.29, 1.82) is 0 Å². The van der Waals surface area contributed by atoms with Gasteiger partial charge in [-0.25, -0.2) is 0 Å². The number of likely N-dealkylation sites (tertiary alicyclic amines) is 1. The number of nitrogens with one attached hydrogen (secondary N) is 2. The van der Waals surface area contributed by atoms with E-state index >= 15 is 0 Å². The topological polar surface area (TPSA) is 61.4 Å². The molecule has 2 N–H and O–H groups in total. The molecule has 0 saturated carbocycles. The lowest BCUT2D eigenvalue weighted by molar-refractivity contribution is -0.131. The summed E-state index contributed by atoms with van der Waals surface area (Å²) in [4.78, 5) is 24.1. The van der Waals surface area contributed by atoms with Crippen molar-refractivity contribution < 1.29 is 9.59 Å². The number of carbonyl (C=O) groups is 2. The number of rotatable bonds is 3. The number of nitrogens with zero attached hydrogens (tertiary/aromatic N) is 1. The Morgan fingerprint density at radius 3 is 2.85 bits per heavy atom. The summed E-state index contributed by atoms with van der Waals surface area (Å²) in [6, 6.07) is -0.314. The lowest BCUT2D eigenvalue weighted by Crippen LogP contribution is -2.43. The molecule has 13 heavy (non-hydrogen) atoms. The zero-order valence-corrected chi connectivity index (χ0v) is 7.96. The van der Waals surface area contributed by atoms with Crippen molar-refractivity contribution >= 4 is 11.8 Å². The van der Waals surface area contributed by atoms with E-state index in [0.29, 0.717) is 6.42 Å². The number of likely N-dealkylation sites (N-methyl/N-ethyl adjacent to an activating group) is 2. The third kappa shape index (κ3) is 2.42. The number of hydrogen-bond donors (Lipinski definition) is 2. The van der Waals surface area contributed by atoms with E-state index in [-0.39, 0.29) is 24.4 Å². The molecule has 2 amide bonds. The smallest absolute Gasteiger partial charge is 0.244 e. The van der Waals surface area contributed by atoms with Gasteiger partial charge in [-0.15, -0.1) is 0 Å². The maximum Gasteiger partial charge on any atom is 0.244 e. The van der Waals surface area contributed by atoms with Crippen LogP contribution in [0.1, 0.15) is 6.42 Å². The Labute approximate surface area is 77.5 Å². The van der Waals surface area contributed by atoms with Crippen LogP contribution in [0.5, 0.6) is 0 Å². The van der Waals surface area contributed by atoms with Crippen molar-refractivity contribution in [2.75, 3.05) is 27.2 Å². The first-order valence-electron chi connectivity index (χ1n) is 4.34. The van der Waals surface area contributed by atoms with Gasteiger partial charge in [-0.3, -0.25) is 9.59 Å². The van der Waals surface area contributed by atoms with E-state index < -0.39 is 0 Å². The maximum absolute atomic E-state index is 11.3. The van der Waals surface area contributed by atoms with Crippen LogP contribution in [0.2, 0.25) is 0 Å². The second kappa shape index (κ2) is 4.23. The summed E-state index contributed by atoms with van der Waals surface area (Å²) in [5, 5.41) is 5.40. The highest BCUT2D eigenvalue weighted by molar-refractivity contribution is 5.89. The summed E-state index contributed by atoms with van der Waals surface area (Å²) < 4.78 is 0. The van der Waals surface area contributed by atoms with Gasteiger partial charge in [-0.05, 0) is 13.5 Å². The molecule has 1 saturated heterocycles. The Morgan fingerprint density at radius 2 is 2.38 bits per heavy atom. The molecule has 1 unspecified atom stereocenters. The summed E-state index contributed by atoms with van der Waals surface area (Å²) in [5.41, 5.74) is 0. The highest BCUT2D eigenvalue weighted by Gasteiger charge is 2.29. The van der Waals surface area contributed by atoms with Crippen LogP contribution in [0.25, 0.3) is 0 Å². The van der Waals surface area contributed by atoms with Crippen molar-refractivity contribution in [2.24, 2.45) is 0 Å². The molecule has 0 bridgehead atoms. The van der Waals surface area contributed by atoms with E-state index in [0.717, 1.165) is 6.54 Å². The molecule has 1 rings (SSSR count). The number of amides is 2. The Morgan fingerprint density at radius 1 is 1.69 bits per heavy atom. The van der Waals surface area contributed by atoms with E-state index in [1.807, 2.05) is 0 Å². The fraction of sp³-hybridized carbons (Fsp3) is 0.750. The minimum Gasteiger partial charge on any atom is -0.344 e. The molecule has 1 aliphatic rings. The summed E-state index contributed by atoms with van der Waals surface area (Å²) in [6.07, 6.45) is 0.713. The van der Waals surface area contributed by atoms with E-state index in [4.69, 9.17) is 0 Å². The van der Waals surface area contributed by atoms with Gasteiger partial charge in [-0.2, -0.15) is 0 Å². The van der Waals surface area contributed by atoms with Gasteiger partial charge in [-0.1, -0.05) is 0 Å². The van der Waals surface area contributed by atoms with Crippen LogP contribution in [0, 0.1) is 0 Å². The zero-order valence-electron chi connectivity index (χ0n) is 7.96. The zero-order chi connectivity index (χ0) is 9.84. The summed E-state index contributed by atoms with van der Waals surface area (Å²) in [5.74, 6) is -0.124. The Hall–Kier alpha value is -1.10. The molecular weight excluding hydrogens is 170 g/mol. The van der Waals surface area contributed by atoms with Gasteiger partial charge in [0.25, 0.3) is 0 Å². The first kappa shape index (κ1) is 9.98. The van der Waals surface area contributed by atoms with Gasteiger partial charge in [0.2, 0.25) is 11.8 Å². The molecule has 1 heterocycles. The second-order valence-corrected chi connectivity index (χ2v) is 3.20. The van der Waals surface area contributed by atoms with E-state index in [2.05, 4.69) is 10.6 Å². The van der Waals surface area contributed by atoms with Gasteiger partial charge in [0.1, 0.15) is 6.04 Å². The van der Waals surface area contributed by atoms with Crippen LogP contribution in [-0.2, 0) is 9.59 Å². The number of carbonyl (C=O) groups excluding carboxylic acids is 2. The molecular formula is C8H15N3O2. The van der Waals surface area contributed by atoms with Gasteiger partial charge in [0.05, 0.1) is 6.54 Å². The molecule has 1 atom stereocenters. The molecule has 5 nitrogen and oxygen atoms in total. The van der Waals surface area contributed by atoms with Crippen LogP contribution < -0.4 is 10.6 Å². The average Bonchev–Trinajstić information content (AvgIpc) is 2.37. The Balaban J connectivity index is 2.38. The van der Waals surface area contributed by atoms with Crippen LogP contribution in [0.4, 0.5) is 0 Å². The maximum atomic E-state index is 11.3. The fourth-order valence-electron chi connectivity index (χ4n) is 1.36. The normalized spacial score (nSPS) is 22.2. The first-order valence-corrected chi connectivity index (χ1v) is 4.34. The third-order valence-corrected chi connectivity index (χ3v) is 2.10. The number of hydrogen-bond acceptors (Lipinski definition) is 3. The monoisotopic (exact) mass is 185 g/mol. The molecule has 0 aromatic carbocycles. The lowest BCUT2D eigenvalue weighted by Gasteiger charge is -2.11. The highest BCUT2D eigenvalue weighted by atomic mass is 16.2. The minimum atomic E-state index is -0.314. The Kier molecular flexibility index (Phi) is 3.25. The quantitative estimate of drug-likeness (QED) is 0.565. The molecule has 0 radical (unpaired) electrons. The second-order valence-electron chi connectivity index (χ2n) is 3.20. The summed E-state index contributed by atoms with van der Waals surface area (Å²) in [6.45, 7) is 0.983. The minimum absolute atomic E-state index is 0.00412. The Bertz CT molecular complexity index is 217. The summed E-state index contributed by atoms with van der Waals surface area (Å²) in [7, 11) is 3.44. The molecule has 1 fully saturated rings. The predicted molar refractivity (Wildman–Crippen MR) is 48.1 cm³/mol. The molecule has 0 aromatic rings. The van der Waals surface area contributed by atoms with Crippen LogP contribution in [0.15, 0.2) is 0 Å². The average molecular weight is 185 g/mol. The van der Waals surface area contributed by atoms with Crippen molar-refractivity contribution in [3.8, 4) is 0 Å². The van der Waals surface area contributed by atoms with E-state index in [9.17, 15) is 9.59 Å². The van der Waals surface area contributed by atoms with Crippen molar-refractivity contribution in [3.05, 3.63) is 0 Å². The highest BCUT2D eigenvalue weighted by Crippen LogP contribution is 2.07. The lowest BCUT2D eigenvalue weighted by atomic mass is 10.2. The van der Waals surface area contributed by atoms with Gasteiger partial charge >= 0.3 is 0 Å². The largest absolute Gasteiger partial charge is 0.344 e. The predicted octanol–water partition coefficient (Wildman–Crippen LogP) is -1.45. The standard InChI is InChI=1S/C8H15N3O2/c1-9-5-7(12)10-6-3-4-11(2)8(6)13/h6,9H,3-5H2,1-2H3,(H,10,12). The van der Waals surface area contributed by atoms with E-state index in [1.165, 1.54) is 0 Å². The van der Waals surface area contributed by atoms with E-state index in [1.54, 1.807) is 19.0 Å². The molecule has 74 valence electrons. The van der Waals surface area contributed by atoms with Gasteiger partial charge in [0.15, 0.2) is 0 Å². The van der Waals surface area contributed by atoms with Crippen LogP contribution in [0.3, 0.4) is 0 Å². The molecule has 1 aliphatic heterocycles. The molecule has 0 spiro atoms.